The van der Waals surface area contributed by atoms with Crippen molar-refractivity contribution < 1.29 is 0 Å². The molecule has 0 amide bonds. The molecule has 106 valence electrons. The predicted octanol–water partition coefficient (Wildman–Crippen LogP) is 4.36. The normalized spacial score (nSPS) is 10.7. The second-order valence-corrected chi connectivity index (χ2v) is 5.33. The van der Waals surface area contributed by atoms with Gasteiger partial charge >= 0.3 is 0 Å². The van der Waals surface area contributed by atoms with E-state index in [0.717, 1.165) is 19.5 Å². The van der Waals surface area contributed by atoms with E-state index in [4.69, 9.17) is 0 Å². The summed E-state index contributed by atoms with van der Waals surface area (Å²) in [5.41, 5.74) is 4.23. The molecule has 0 aromatic heterocycles. The average Bonchev–Trinajstić information content (AvgIpc) is 2.52. The highest BCUT2D eigenvalue weighted by atomic mass is 14.8. The van der Waals surface area contributed by atoms with Crippen molar-refractivity contribution in [2.45, 2.75) is 39.2 Å². The fourth-order valence-corrected chi connectivity index (χ4v) is 2.31. The molecule has 0 radical (unpaired) electrons. The Hall–Kier alpha value is -1.60. The molecule has 0 fully saturated rings. The summed E-state index contributed by atoms with van der Waals surface area (Å²) >= 11 is 0. The van der Waals surface area contributed by atoms with E-state index < -0.39 is 0 Å². The molecular weight excluding hydrogens is 242 g/mol. The van der Waals surface area contributed by atoms with E-state index in [0.29, 0.717) is 0 Å². The molecule has 0 bridgehead atoms. The smallest absolute Gasteiger partial charge is 0.0205 e. The third kappa shape index (κ3) is 5.18. The SMILES string of the molecule is CCCCc1ccc(CNCCc2ccccc2)cc1. The van der Waals surface area contributed by atoms with Crippen molar-refractivity contribution in [3.05, 3.63) is 71.3 Å². The quantitative estimate of drug-likeness (QED) is 0.701. The number of rotatable bonds is 8. The van der Waals surface area contributed by atoms with Gasteiger partial charge in [0.05, 0.1) is 0 Å². The number of aryl methyl sites for hydroxylation is 1. The van der Waals surface area contributed by atoms with Crippen LogP contribution >= 0.6 is 0 Å². The summed E-state index contributed by atoms with van der Waals surface area (Å²) in [5.74, 6) is 0. The van der Waals surface area contributed by atoms with Crippen LogP contribution in [0, 0.1) is 0 Å². The van der Waals surface area contributed by atoms with Gasteiger partial charge in [-0.15, -0.1) is 0 Å². The minimum absolute atomic E-state index is 0.959. The van der Waals surface area contributed by atoms with Gasteiger partial charge in [-0.2, -0.15) is 0 Å². The van der Waals surface area contributed by atoms with E-state index in [2.05, 4.69) is 66.8 Å². The maximum atomic E-state index is 3.51. The van der Waals surface area contributed by atoms with E-state index in [1.165, 1.54) is 36.0 Å². The molecule has 0 aliphatic heterocycles. The molecule has 0 saturated carbocycles. The fourth-order valence-electron chi connectivity index (χ4n) is 2.31. The lowest BCUT2D eigenvalue weighted by Gasteiger charge is -2.06. The number of nitrogens with one attached hydrogen (secondary N) is 1. The summed E-state index contributed by atoms with van der Waals surface area (Å²) < 4.78 is 0. The zero-order chi connectivity index (χ0) is 14.0. The highest BCUT2D eigenvalue weighted by Crippen LogP contribution is 2.08. The lowest BCUT2D eigenvalue weighted by atomic mass is 10.1. The van der Waals surface area contributed by atoms with Gasteiger partial charge in [-0.05, 0) is 42.5 Å². The molecule has 2 rings (SSSR count). The average molecular weight is 267 g/mol. The van der Waals surface area contributed by atoms with Crippen LogP contribution in [0.3, 0.4) is 0 Å². The van der Waals surface area contributed by atoms with Gasteiger partial charge in [0.25, 0.3) is 0 Å². The molecule has 20 heavy (non-hydrogen) atoms. The van der Waals surface area contributed by atoms with Crippen LogP contribution in [0.1, 0.15) is 36.5 Å². The van der Waals surface area contributed by atoms with Gasteiger partial charge in [0.15, 0.2) is 0 Å². The van der Waals surface area contributed by atoms with Crippen molar-refractivity contribution in [3.8, 4) is 0 Å². The van der Waals surface area contributed by atoms with Crippen LogP contribution in [-0.4, -0.2) is 6.54 Å². The molecule has 1 heteroatoms. The highest BCUT2D eigenvalue weighted by Gasteiger charge is 1.96. The molecule has 2 aromatic carbocycles. The number of hydrogen-bond donors (Lipinski definition) is 1. The standard InChI is InChI=1S/C19H25N/c1-2-3-7-18-10-12-19(13-11-18)16-20-15-14-17-8-5-4-6-9-17/h4-6,8-13,20H,2-3,7,14-16H2,1H3. The molecule has 1 N–H and O–H groups in total. The van der Waals surface area contributed by atoms with Crippen LogP contribution in [-0.2, 0) is 19.4 Å². The van der Waals surface area contributed by atoms with Crippen LogP contribution in [0.2, 0.25) is 0 Å². The van der Waals surface area contributed by atoms with Crippen molar-refractivity contribution in [2.24, 2.45) is 0 Å². The van der Waals surface area contributed by atoms with E-state index in [1.54, 1.807) is 0 Å². The van der Waals surface area contributed by atoms with Crippen LogP contribution in [0.4, 0.5) is 0 Å². The topological polar surface area (TPSA) is 12.0 Å². The van der Waals surface area contributed by atoms with Crippen molar-refractivity contribution in [1.82, 2.24) is 5.32 Å². The van der Waals surface area contributed by atoms with Crippen LogP contribution in [0.15, 0.2) is 54.6 Å². The second-order valence-electron chi connectivity index (χ2n) is 5.33. The van der Waals surface area contributed by atoms with Crippen LogP contribution < -0.4 is 5.32 Å². The zero-order valence-electron chi connectivity index (χ0n) is 12.4. The van der Waals surface area contributed by atoms with Gasteiger partial charge in [-0.3, -0.25) is 0 Å². The van der Waals surface area contributed by atoms with Crippen molar-refractivity contribution in [3.63, 3.8) is 0 Å². The van der Waals surface area contributed by atoms with Crippen molar-refractivity contribution in [1.29, 1.82) is 0 Å². The molecule has 0 saturated heterocycles. The number of unbranched alkanes of at least 4 members (excludes halogenated alkanes) is 1. The summed E-state index contributed by atoms with van der Waals surface area (Å²) in [4.78, 5) is 0. The van der Waals surface area contributed by atoms with Crippen molar-refractivity contribution in [2.75, 3.05) is 6.54 Å². The first-order chi connectivity index (χ1) is 9.88. The fraction of sp³-hybridized carbons (Fsp3) is 0.368. The summed E-state index contributed by atoms with van der Waals surface area (Å²) in [6.45, 7) is 4.23. The van der Waals surface area contributed by atoms with E-state index >= 15 is 0 Å². The van der Waals surface area contributed by atoms with Gasteiger partial charge in [0.1, 0.15) is 0 Å². The van der Waals surface area contributed by atoms with Gasteiger partial charge in [-0.25, -0.2) is 0 Å². The summed E-state index contributed by atoms with van der Waals surface area (Å²) in [6.07, 6.45) is 4.85. The summed E-state index contributed by atoms with van der Waals surface area (Å²) in [7, 11) is 0. The van der Waals surface area contributed by atoms with Gasteiger partial charge < -0.3 is 5.32 Å². The van der Waals surface area contributed by atoms with E-state index in [-0.39, 0.29) is 0 Å². The third-order valence-electron chi connectivity index (χ3n) is 3.60. The second kappa shape index (κ2) is 8.55. The van der Waals surface area contributed by atoms with Gasteiger partial charge in [0.2, 0.25) is 0 Å². The molecular formula is C19H25N. The Morgan fingerprint density at radius 3 is 2.10 bits per heavy atom. The Morgan fingerprint density at radius 1 is 0.750 bits per heavy atom. The Bertz CT molecular complexity index is 473. The number of benzene rings is 2. The van der Waals surface area contributed by atoms with Gasteiger partial charge in [0, 0.05) is 6.54 Å². The molecule has 0 aliphatic rings. The molecule has 0 aliphatic carbocycles. The number of hydrogen-bond acceptors (Lipinski definition) is 1. The monoisotopic (exact) mass is 267 g/mol. The lowest BCUT2D eigenvalue weighted by Crippen LogP contribution is -2.16. The Labute approximate surface area is 123 Å². The Morgan fingerprint density at radius 2 is 1.40 bits per heavy atom. The molecule has 1 nitrogen and oxygen atoms in total. The molecule has 0 spiro atoms. The third-order valence-corrected chi connectivity index (χ3v) is 3.60. The largest absolute Gasteiger partial charge is 0.312 e. The first kappa shape index (κ1) is 14.8. The predicted molar refractivity (Wildman–Crippen MR) is 86.9 cm³/mol. The van der Waals surface area contributed by atoms with E-state index in [1.807, 2.05) is 0 Å². The van der Waals surface area contributed by atoms with Crippen LogP contribution in [0.25, 0.3) is 0 Å². The molecule has 0 atom stereocenters. The molecule has 0 heterocycles. The first-order valence-electron chi connectivity index (χ1n) is 7.71. The minimum Gasteiger partial charge on any atom is -0.312 e. The van der Waals surface area contributed by atoms with E-state index in [9.17, 15) is 0 Å². The minimum atomic E-state index is 0.959. The molecule has 2 aromatic rings. The highest BCUT2D eigenvalue weighted by molar-refractivity contribution is 5.22. The van der Waals surface area contributed by atoms with Crippen LogP contribution in [0.5, 0.6) is 0 Å². The maximum Gasteiger partial charge on any atom is 0.0205 e. The van der Waals surface area contributed by atoms with Gasteiger partial charge in [-0.1, -0.05) is 67.9 Å². The Balaban J connectivity index is 1.69. The Kier molecular flexibility index (Phi) is 6.33. The summed E-state index contributed by atoms with van der Waals surface area (Å²) in [5, 5.41) is 3.51. The lowest BCUT2D eigenvalue weighted by molar-refractivity contribution is 0.686. The van der Waals surface area contributed by atoms with Crippen molar-refractivity contribution >= 4 is 0 Å². The first-order valence-corrected chi connectivity index (χ1v) is 7.71. The summed E-state index contributed by atoms with van der Waals surface area (Å²) in [6, 6.07) is 19.7. The zero-order valence-corrected chi connectivity index (χ0v) is 12.4. The maximum absolute atomic E-state index is 3.51. The molecule has 0 unspecified atom stereocenters.